The Hall–Kier alpha value is -0.970. The fourth-order valence-electron chi connectivity index (χ4n) is 2.18. The molecule has 2 unspecified atom stereocenters. The van der Waals surface area contributed by atoms with Crippen LogP contribution in [0.25, 0.3) is 0 Å². The van der Waals surface area contributed by atoms with Crippen molar-refractivity contribution < 1.29 is 28.1 Å². The summed E-state index contributed by atoms with van der Waals surface area (Å²) in [5.74, 6) is -1.96. The van der Waals surface area contributed by atoms with Crippen molar-refractivity contribution in [1.82, 2.24) is 9.55 Å². The first-order valence-electron chi connectivity index (χ1n) is 6.07. The fraction of sp³-hybridized carbons (Fsp3) is 0.600. The summed E-state index contributed by atoms with van der Waals surface area (Å²) < 4.78 is 41.9. The number of nitrogen functional groups attached to an aromatic ring is 1. The number of halogens is 1. The Morgan fingerprint density at radius 1 is 1.73 bits per heavy atom. The van der Waals surface area contributed by atoms with Gasteiger partial charge < -0.3 is 24.8 Å². The summed E-state index contributed by atoms with van der Waals surface area (Å²) in [6.45, 7) is -0.787. The number of rotatable bonds is 5. The lowest BCUT2D eigenvalue weighted by Gasteiger charge is -2.29. The number of thiol groups is 1. The van der Waals surface area contributed by atoms with Gasteiger partial charge in [-0.25, -0.2) is 9.18 Å². The molecule has 1 aliphatic heterocycles. The van der Waals surface area contributed by atoms with Crippen molar-refractivity contribution >= 4 is 25.3 Å². The molecule has 0 aromatic carbocycles. The highest BCUT2D eigenvalue weighted by molar-refractivity contribution is 8.39. The third-order valence-electron chi connectivity index (χ3n) is 3.23. The number of ether oxygens (including phenoxy) is 2. The molecule has 9 nitrogen and oxygen atoms in total. The Kier molecular flexibility index (Phi) is 5.25. The zero-order chi connectivity index (χ0) is 16.5. The number of anilines is 1. The third kappa shape index (κ3) is 3.05. The van der Waals surface area contributed by atoms with Crippen molar-refractivity contribution in [1.29, 1.82) is 0 Å². The van der Waals surface area contributed by atoms with Crippen LogP contribution in [-0.2, 0) is 18.6 Å². The molecule has 1 fully saturated rings. The van der Waals surface area contributed by atoms with E-state index in [1.54, 1.807) is 0 Å². The van der Waals surface area contributed by atoms with E-state index in [0.29, 0.717) is 0 Å². The molecule has 0 saturated carbocycles. The quantitative estimate of drug-likeness (QED) is 0.487. The van der Waals surface area contributed by atoms with Crippen LogP contribution >= 0.6 is 19.5 Å². The molecule has 0 bridgehead atoms. The van der Waals surface area contributed by atoms with Crippen LogP contribution in [-0.4, -0.2) is 46.4 Å². The van der Waals surface area contributed by atoms with E-state index >= 15 is 0 Å². The number of alkyl halides is 1. The Labute approximate surface area is 130 Å². The second-order valence-electron chi connectivity index (χ2n) is 4.47. The molecule has 12 heteroatoms. The van der Waals surface area contributed by atoms with Crippen LogP contribution in [0.1, 0.15) is 6.23 Å². The molecule has 3 N–H and O–H groups in total. The number of aliphatic hydroxyl groups is 1. The van der Waals surface area contributed by atoms with Gasteiger partial charge in [-0.15, -0.1) is 0 Å². The second-order valence-corrected chi connectivity index (χ2v) is 6.34. The maximum absolute atomic E-state index is 14.6. The van der Waals surface area contributed by atoms with E-state index < -0.39 is 43.8 Å². The summed E-state index contributed by atoms with van der Waals surface area (Å²) in [5.41, 5.74) is 4.51. The standard InChI is InChI=1S/C10H15FN3O6PS/c1-18-10(4-15)7(20-21(17)22)6(11)8(19-10)14-3-2-5(12)13-9(14)16/h2-3,6-8,15,21H,4H2,1H3,(H,17,22)(H2,12,13,16)/t6-,7?,8+,10+/m0/s1. The highest BCUT2D eigenvalue weighted by atomic mass is 32.7. The van der Waals surface area contributed by atoms with Crippen LogP contribution in [0, 0.1) is 0 Å². The van der Waals surface area contributed by atoms with Gasteiger partial charge >= 0.3 is 5.69 Å². The van der Waals surface area contributed by atoms with E-state index in [1.165, 1.54) is 12.3 Å². The summed E-state index contributed by atoms with van der Waals surface area (Å²) in [4.78, 5) is 15.3. The maximum atomic E-state index is 14.6. The predicted molar refractivity (Wildman–Crippen MR) is 77.6 cm³/mol. The number of nitrogens with two attached hydrogens (primary N) is 1. The van der Waals surface area contributed by atoms with Crippen LogP contribution in [0.15, 0.2) is 17.1 Å². The van der Waals surface area contributed by atoms with E-state index in [1.807, 2.05) is 0 Å². The van der Waals surface area contributed by atoms with Gasteiger partial charge in [-0.1, -0.05) is 12.2 Å². The smallest absolute Gasteiger partial charge is 0.351 e. The molecule has 0 radical (unpaired) electrons. The van der Waals surface area contributed by atoms with Crippen molar-refractivity contribution in [3.63, 3.8) is 0 Å². The Morgan fingerprint density at radius 2 is 2.41 bits per heavy atom. The topological polar surface area (TPSA) is 126 Å². The summed E-state index contributed by atoms with van der Waals surface area (Å²) in [6.07, 6.45) is -3.81. The molecule has 5 atom stereocenters. The van der Waals surface area contributed by atoms with Gasteiger partial charge in [0.05, 0.1) is 0 Å². The first-order chi connectivity index (χ1) is 10.3. The average Bonchev–Trinajstić information content (AvgIpc) is 2.73. The summed E-state index contributed by atoms with van der Waals surface area (Å²) in [7, 11) is -1.70. The summed E-state index contributed by atoms with van der Waals surface area (Å²) in [5, 5.41) is 9.46. The number of hydrogen-bond donors (Lipinski definition) is 3. The average molecular weight is 355 g/mol. The molecule has 0 aliphatic carbocycles. The number of methoxy groups -OCH3 is 1. The van der Waals surface area contributed by atoms with Crippen LogP contribution in [0.5, 0.6) is 0 Å². The lowest BCUT2D eigenvalue weighted by molar-refractivity contribution is -0.265. The van der Waals surface area contributed by atoms with Crippen molar-refractivity contribution in [2.24, 2.45) is 0 Å². The second kappa shape index (κ2) is 6.65. The number of aromatic nitrogens is 2. The van der Waals surface area contributed by atoms with Crippen LogP contribution in [0.2, 0.25) is 0 Å². The first-order valence-corrected chi connectivity index (χ1v) is 8.67. The Morgan fingerprint density at radius 3 is 2.91 bits per heavy atom. The van der Waals surface area contributed by atoms with E-state index in [0.717, 1.165) is 11.7 Å². The molecule has 22 heavy (non-hydrogen) atoms. The molecule has 1 saturated heterocycles. The van der Waals surface area contributed by atoms with Crippen molar-refractivity contribution in [2.45, 2.75) is 24.3 Å². The van der Waals surface area contributed by atoms with Crippen molar-refractivity contribution in [2.75, 3.05) is 19.5 Å². The fourth-order valence-corrected chi connectivity index (χ4v) is 3.05. The molecular weight excluding hydrogens is 340 g/mol. The van der Waals surface area contributed by atoms with Crippen LogP contribution in [0.3, 0.4) is 0 Å². The minimum absolute atomic E-state index is 0.0389. The first kappa shape index (κ1) is 17.4. The summed E-state index contributed by atoms with van der Waals surface area (Å²) in [6, 6.07) is 1.28. The minimum Gasteiger partial charge on any atom is -0.391 e. The molecule has 1 aromatic heterocycles. The zero-order valence-corrected chi connectivity index (χ0v) is 13.3. The van der Waals surface area contributed by atoms with Crippen molar-refractivity contribution in [3.05, 3.63) is 22.7 Å². The third-order valence-corrected chi connectivity index (χ3v) is 4.01. The molecule has 0 amide bonds. The summed E-state index contributed by atoms with van der Waals surface area (Å²) >= 11 is 3.59. The number of nitrogens with zero attached hydrogens (tertiary/aromatic N) is 2. The largest absolute Gasteiger partial charge is 0.391 e. The molecule has 2 heterocycles. The molecule has 1 aliphatic rings. The van der Waals surface area contributed by atoms with E-state index in [9.17, 15) is 18.9 Å². The van der Waals surface area contributed by atoms with Gasteiger partial charge in [0, 0.05) is 13.3 Å². The molecule has 2 rings (SSSR count). The number of hydrogen-bond acceptors (Lipinski definition) is 8. The van der Waals surface area contributed by atoms with Gasteiger partial charge in [0.1, 0.15) is 12.4 Å². The van der Waals surface area contributed by atoms with Gasteiger partial charge in [0.15, 0.2) is 18.5 Å². The maximum Gasteiger partial charge on any atom is 0.351 e. The molecule has 0 spiro atoms. The van der Waals surface area contributed by atoms with Gasteiger partial charge in [-0.3, -0.25) is 9.13 Å². The molecular formula is C10H15FN3O6PS. The van der Waals surface area contributed by atoms with Crippen molar-refractivity contribution in [3.8, 4) is 0 Å². The SMILES string of the molecule is CO[C@]1(CO)O[C@@H](n2ccc(N)nc2=O)[C@@H](F)C1O[PH](=O)S. The highest BCUT2D eigenvalue weighted by Crippen LogP contribution is 2.45. The lowest BCUT2D eigenvalue weighted by atomic mass is 10.1. The van der Waals surface area contributed by atoms with Gasteiger partial charge in [0.2, 0.25) is 13.0 Å². The lowest BCUT2D eigenvalue weighted by Crippen LogP contribution is -2.47. The molecule has 124 valence electrons. The van der Waals surface area contributed by atoms with Gasteiger partial charge in [0.25, 0.3) is 0 Å². The molecule has 1 aromatic rings. The number of aliphatic hydroxyl groups excluding tert-OH is 1. The Balaban J connectivity index is 2.42. The van der Waals surface area contributed by atoms with Crippen LogP contribution < -0.4 is 11.4 Å². The normalized spacial score (nSPS) is 33.0. The monoisotopic (exact) mass is 355 g/mol. The minimum atomic E-state index is -2.85. The van der Waals surface area contributed by atoms with E-state index in [4.69, 9.17) is 19.7 Å². The Bertz CT molecular complexity index is 627. The van der Waals surface area contributed by atoms with Crippen LogP contribution in [0.4, 0.5) is 10.2 Å². The van der Waals surface area contributed by atoms with E-state index in [2.05, 4.69) is 17.2 Å². The zero-order valence-electron chi connectivity index (χ0n) is 11.4. The van der Waals surface area contributed by atoms with E-state index in [-0.39, 0.29) is 5.82 Å². The van der Waals surface area contributed by atoms with Gasteiger partial charge in [-0.05, 0) is 6.07 Å². The predicted octanol–water partition coefficient (Wildman–Crippen LogP) is -0.268. The van der Waals surface area contributed by atoms with Gasteiger partial charge in [-0.2, -0.15) is 4.98 Å². The highest BCUT2D eigenvalue weighted by Gasteiger charge is 2.58.